The molecular formula is C16H21N5O2. The fourth-order valence-electron chi connectivity index (χ4n) is 2.79. The molecule has 2 N–H and O–H groups in total. The molecule has 122 valence electrons. The maximum atomic E-state index is 11.8. The Balaban J connectivity index is 1.64. The lowest BCUT2D eigenvalue weighted by atomic mass is 10.2. The number of nitrogen functional groups attached to an aromatic ring is 1. The van der Waals surface area contributed by atoms with Gasteiger partial charge in [-0.3, -0.25) is 9.69 Å². The van der Waals surface area contributed by atoms with Gasteiger partial charge >= 0.3 is 0 Å². The highest BCUT2D eigenvalue weighted by Gasteiger charge is 2.21. The molecule has 2 heterocycles. The number of para-hydroxylation sites is 1. The molecule has 2 aromatic rings. The molecule has 7 heteroatoms. The molecule has 1 aromatic heterocycles. The summed E-state index contributed by atoms with van der Waals surface area (Å²) in [6.07, 6.45) is 0. The van der Waals surface area contributed by atoms with Crippen LogP contribution in [0.2, 0.25) is 0 Å². The molecule has 0 aliphatic carbocycles. The van der Waals surface area contributed by atoms with E-state index in [2.05, 4.69) is 14.9 Å². The highest BCUT2D eigenvalue weighted by Crippen LogP contribution is 2.18. The third-order valence-corrected chi connectivity index (χ3v) is 4.04. The third-order valence-electron chi connectivity index (χ3n) is 4.04. The predicted octanol–water partition coefficient (Wildman–Crippen LogP) is 0.503. The van der Waals surface area contributed by atoms with Gasteiger partial charge in [0.25, 0.3) is 0 Å². The average molecular weight is 315 g/mol. The SMILES string of the molecule is COCC(=O)N1CCN(Cc2nc(N)c3ccccc3n2)CC1. The lowest BCUT2D eigenvalue weighted by Crippen LogP contribution is -2.49. The monoisotopic (exact) mass is 315 g/mol. The number of carbonyl (C=O) groups excluding carboxylic acids is 1. The Kier molecular flexibility index (Phi) is 4.68. The zero-order valence-corrected chi connectivity index (χ0v) is 13.2. The van der Waals surface area contributed by atoms with E-state index in [0.29, 0.717) is 25.5 Å². The number of rotatable bonds is 4. The Labute approximate surface area is 135 Å². The zero-order chi connectivity index (χ0) is 16.2. The minimum Gasteiger partial charge on any atom is -0.383 e. The number of anilines is 1. The zero-order valence-electron chi connectivity index (χ0n) is 13.2. The van der Waals surface area contributed by atoms with E-state index in [1.165, 1.54) is 7.11 Å². The molecule has 1 aromatic carbocycles. The number of aromatic nitrogens is 2. The number of benzene rings is 1. The molecule has 0 atom stereocenters. The molecular weight excluding hydrogens is 294 g/mol. The molecule has 1 aliphatic rings. The van der Waals surface area contributed by atoms with Crippen molar-refractivity contribution in [2.45, 2.75) is 6.54 Å². The highest BCUT2D eigenvalue weighted by molar-refractivity contribution is 5.87. The first-order valence-corrected chi connectivity index (χ1v) is 7.67. The summed E-state index contributed by atoms with van der Waals surface area (Å²) in [5.74, 6) is 1.27. The lowest BCUT2D eigenvalue weighted by Gasteiger charge is -2.34. The number of nitrogens with zero attached hydrogens (tertiary/aromatic N) is 4. The van der Waals surface area contributed by atoms with E-state index in [-0.39, 0.29) is 12.5 Å². The second-order valence-corrected chi connectivity index (χ2v) is 5.63. The first-order valence-electron chi connectivity index (χ1n) is 7.67. The summed E-state index contributed by atoms with van der Waals surface area (Å²) in [4.78, 5) is 24.8. The molecule has 23 heavy (non-hydrogen) atoms. The number of piperazine rings is 1. The average Bonchev–Trinajstić information content (AvgIpc) is 2.56. The number of fused-ring (bicyclic) bond motifs is 1. The maximum absolute atomic E-state index is 11.8. The standard InChI is InChI=1S/C16H21N5O2/c1-23-11-15(22)21-8-6-20(7-9-21)10-14-18-13-5-3-2-4-12(13)16(17)19-14/h2-5H,6-11H2,1H3,(H2,17,18,19). The van der Waals surface area contributed by atoms with Gasteiger partial charge in [-0.25, -0.2) is 9.97 Å². The largest absolute Gasteiger partial charge is 0.383 e. The van der Waals surface area contributed by atoms with Crippen LogP contribution in [0.3, 0.4) is 0 Å². The van der Waals surface area contributed by atoms with Crippen LogP contribution < -0.4 is 5.73 Å². The Bertz CT molecular complexity index is 698. The predicted molar refractivity (Wildman–Crippen MR) is 87.7 cm³/mol. The summed E-state index contributed by atoms with van der Waals surface area (Å²) in [5.41, 5.74) is 6.89. The number of nitrogens with two attached hydrogens (primary N) is 1. The van der Waals surface area contributed by atoms with Crippen molar-refractivity contribution in [3.05, 3.63) is 30.1 Å². The second kappa shape index (κ2) is 6.89. The number of amides is 1. The third kappa shape index (κ3) is 3.57. The number of methoxy groups -OCH3 is 1. The lowest BCUT2D eigenvalue weighted by molar-refractivity contribution is -0.136. The first kappa shape index (κ1) is 15.6. The summed E-state index contributed by atoms with van der Waals surface area (Å²) < 4.78 is 4.89. The minimum atomic E-state index is 0.0401. The van der Waals surface area contributed by atoms with E-state index < -0.39 is 0 Å². The molecule has 0 radical (unpaired) electrons. The smallest absolute Gasteiger partial charge is 0.248 e. The van der Waals surface area contributed by atoms with Crippen molar-refractivity contribution < 1.29 is 9.53 Å². The second-order valence-electron chi connectivity index (χ2n) is 5.63. The van der Waals surface area contributed by atoms with E-state index in [1.54, 1.807) is 0 Å². The number of ether oxygens (including phenoxy) is 1. The van der Waals surface area contributed by atoms with Gasteiger partial charge < -0.3 is 15.4 Å². The summed E-state index contributed by atoms with van der Waals surface area (Å²) >= 11 is 0. The number of hydrogen-bond donors (Lipinski definition) is 1. The van der Waals surface area contributed by atoms with Gasteiger partial charge in [-0.15, -0.1) is 0 Å². The summed E-state index contributed by atoms with van der Waals surface area (Å²) in [7, 11) is 1.54. The van der Waals surface area contributed by atoms with Crippen molar-refractivity contribution in [2.24, 2.45) is 0 Å². The van der Waals surface area contributed by atoms with Gasteiger partial charge in [-0.1, -0.05) is 12.1 Å². The van der Waals surface area contributed by atoms with Crippen LogP contribution in [0.5, 0.6) is 0 Å². The van der Waals surface area contributed by atoms with Crippen molar-refractivity contribution in [1.82, 2.24) is 19.8 Å². The van der Waals surface area contributed by atoms with Crippen LogP contribution in [-0.4, -0.2) is 65.6 Å². The molecule has 1 amide bonds. The van der Waals surface area contributed by atoms with Gasteiger partial charge in [0.15, 0.2) is 0 Å². The Morgan fingerprint density at radius 3 is 2.70 bits per heavy atom. The molecule has 3 rings (SSSR count). The molecule has 0 unspecified atom stereocenters. The van der Waals surface area contributed by atoms with Crippen LogP contribution in [0.4, 0.5) is 5.82 Å². The Morgan fingerprint density at radius 1 is 1.22 bits per heavy atom. The molecule has 1 aliphatic heterocycles. The Morgan fingerprint density at radius 2 is 1.96 bits per heavy atom. The molecule has 7 nitrogen and oxygen atoms in total. The van der Waals surface area contributed by atoms with E-state index in [1.807, 2.05) is 29.2 Å². The van der Waals surface area contributed by atoms with Crippen molar-refractivity contribution in [2.75, 3.05) is 45.6 Å². The van der Waals surface area contributed by atoms with Crippen LogP contribution in [0.15, 0.2) is 24.3 Å². The van der Waals surface area contributed by atoms with Crippen molar-refractivity contribution in [3.63, 3.8) is 0 Å². The van der Waals surface area contributed by atoms with Gasteiger partial charge in [-0.05, 0) is 12.1 Å². The Hall–Kier alpha value is -2.25. The van der Waals surface area contributed by atoms with Gasteiger partial charge in [0.2, 0.25) is 5.91 Å². The molecule has 0 bridgehead atoms. The maximum Gasteiger partial charge on any atom is 0.248 e. The fraction of sp³-hybridized carbons (Fsp3) is 0.438. The van der Waals surface area contributed by atoms with Gasteiger partial charge in [-0.2, -0.15) is 0 Å². The van der Waals surface area contributed by atoms with Crippen LogP contribution >= 0.6 is 0 Å². The van der Waals surface area contributed by atoms with Gasteiger partial charge in [0, 0.05) is 38.7 Å². The molecule has 0 saturated carbocycles. The highest BCUT2D eigenvalue weighted by atomic mass is 16.5. The van der Waals surface area contributed by atoms with E-state index in [9.17, 15) is 4.79 Å². The van der Waals surface area contributed by atoms with Crippen LogP contribution in [0.25, 0.3) is 10.9 Å². The molecule has 1 fully saturated rings. The summed E-state index contributed by atoms with van der Waals surface area (Å²) in [5, 5.41) is 0.881. The summed E-state index contributed by atoms with van der Waals surface area (Å²) in [6, 6.07) is 7.74. The fourth-order valence-corrected chi connectivity index (χ4v) is 2.79. The van der Waals surface area contributed by atoms with Crippen molar-refractivity contribution in [3.8, 4) is 0 Å². The van der Waals surface area contributed by atoms with Crippen molar-refractivity contribution >= 4 is 22.6 Å². The van der Waals surface area contributed by atoms with Crippen LogP contribution in [-0.2, 0) is 16.1 Å². The van der Waals surface area contributed by atoms with E-state index in [4.69, 9.17) is 10.5 Å². The van der Waals surface area contributed by atoms with Crippen LogP contribution in [0, 0.1) is 0 Å². The van der Waals surface area contributed by atoms with Gasteiger partial charge in [0.1, 0.15) is 18.2 Å². The minimum absolute atomic E-state index is 0.0401. The number of carbonyl (C=O) groups is 1. The van der Waals surface area contributed by atoms with E-state index in [0.717, 1.165) is 29.8 Å². The van der Waals surface area contributed by atoms with Crippen LogP contribution in [0.1, 0.15) is 5.82 Å². The normalized spacial score (nSPS) is 16.0. The number of hydrogen-bond acceptors (Lipinski definition) is 6. The first-order chi connectivity index (χ1) is 11.2. The molecule has 0 spiro atoms. The topological polar surface area (TPSA) is 84.6 Å². The van der Waals surface area contributed by atoms with E-state index >= 15 is 0 Å². The van der Waals surface area contributed by atoms with Crippen molar-refractivity contribution in [1.29, 1.82) is 0 Å². The van der Waals surface area contributed by atoms with Gasteiger partial charge in [0.05, 0.1) is 12.1 Å². The summed E-state index contributed by atoms with van der Waals surface area (Å²) in [6.45, 7) is 3.78. The quantitative estimate of drug-likeness (QED) is 0.884. The molecule has 1 saturated heterocycles.